The molecule has 1 aromatic heterocycles. The first-order valence-corrected chi connectivity index (χ1v) is 7.93. The lowest BCUT2D eigenvalue weighted by molar-refractivity contribution is 0.0544. The Morgan fingerprint density at radius 2 is 1.96 bits per heavy atom. The number of pyridine rings is 1. The summed E-state index contributed by atoms with van der Waals surface area (Å²) in [7, 11) is 0. The summed E-state index contributed by atoms with van der Waals surface area (Å²) >= 11 is 0. The second-order valence-corrected chi connectivity index (χ2v) is 6.05. The summed E-state index contributed by atoms with van der Waals surface area (Å²) in [6, 6.07) is 10.1. The highest BCUT2D eigenvalue weighted by atomic mass is 19.1. The van der Waals surface area contributed by atoms with Crippen LogP contribution < -0.4 is 11.1 Å². The van der Waals surface area contributed by atoms with Crippen molar-refractivity contribution in [3.8, 4) is 0 Å². The first-order valence-electron chi connectivity index (χ1n) is 7.93. The predicted molar refractivity (Wildman–Crippen MR) is 89.4 cm³/mol. The fourth-order valence-electron chi connectivity index (χ4n) is 3.08. The standard InChI is InChI=1S/C18H20FN3O2/c19-14-3-1-13(2-4-14)18(6-9-24-10-7-18)12-22-15-5-8-21-16(11-15)17(20)23/h1-5,8,11H,6-7,9-10,12H2,(H2,20,23)(H,21,22). The van der Waals surface area contributed by atoms with E-state index >= 15 is 0 Å². The van der Waals surface area contributed by atoms with Gasteiger partial charge in [-0.15, -0.1) is 0 Å². The van der Waals surface area contributed by atoms with E-state index in [0.29, 0.717) is 19.8 Å². The minimum absolute atomic E-state index is 0.137. The van der Waals surface area contributed by atoms with Gasteiger partial charge < -0.3 is 15.8 Å². The van der Waals surface area contributed by atoms with Gasteiger partial charge in [0.1, 0.15) is 11.5 Å². The Morgan fingerprint density at radius 1 is 1.25 bits per heavy atom. The number of carbonyl (C=O) groups is 1. The number of hydrogen-bond donors (Lipinski definition) is 2. The van der Waals surface area contributed by atoms with Crippen molar-refractivity contribution in [2.75, 3.05) is 25.1 Å². The van der Waals surface area contributed by atoms with Crippen LogP contribution in [0.5, 0.6) is 0 Å². The maximum atomic E-state index is 13.3. The number of aromatic nitrogens is 1. The molecule has 24 heavy (non-hydrogen) atoms. The van der Waals surface area contributed by atoms with Crippen LogP contribution in [0.2, 0.25) is 0 Å². The molecule has 3 N–H and O–H groups in total. The summed E-state index contributed by atoms with van der Waals surface area (Å²) in [5.41, 5.74) is 7.23. The third kappa shape index (κ3) is 3.54. The van der Waals surface area contributed by atoms with Gasteiger partial charge in [0, 0.05) is 37.1 Å². The molecule has 0 aliphatic carbocycles. The quantitative estimate of drug-likeness (QED) is 0.883. The van der Waals surface area contributed by atoms with Gasteiger partial charge in [-0.3, -0.25) is 9.78 Å². The monoisotopic (exact) mass is 329 g/mol. The molecule has 0 unspecified atom stereocenters. The Kier molecular flexibility index (Phi) is 4.76. The predicted octanol–water partition coefficient (Wildman–Crippen LogP) is 2.48. The molecule has 0 atom stereocenters. The second kappa shape index (κ2) is 6.97. The molecule has 0 radical (unpaired) electrons. The smallest absolute Gasteiger partial charge is 0.267 e. The number of rotatable bonds is 5. The van der Waals surface area contributed by atoms with E-state index in [1.807, 2.05) is 12.1 Å². The summed E-state index contributed by atoms with van der Waals surface area (Å²) in [6.45, 7) is 1.99. The van der Waals surface area contributed by atoms with Crippen LogP contribution in [0.4, 0.5) is 10.1 Å². The SMILES string of the molecule is NC(=O)c1cc(NCC2(c3ccc(F)cc3)CCOCC2)ccn1. The molecule has 1 fully saturated rings. The molecule has 126 valence electrons. The summed E-state index contributed by atoms with van der Waals surface area (Å²) in [6.07, 6.45) is 3.25. The maximum absolute atomic E-state index is 13.3. The largest absolute Gasteiger partial charge is 0.384 e. The number of nitrogens with zero attached hydrogens (tertiary/aromatic N) is 1. The average molecular weight is 329 g/mol. The average Bonchev–Trinajstić information content (AvgIpc) is 2.61. The summed E-state index contributed by atoms with van der Waals surface area (Å²) in [4.78, 5) is 15.2. The minimum Gasteiger partial charge on any atom is -0.384 e. The molecule has 1 saturated heterocycles. The van der Waals surface area contributed by atoms with Crippen LogP contribution in [0.3, 0.4) is 0 Å². The normalized spacial score (nSPS) is 16.5. The zero-order chi connectivity index (χ0) is 17.0. The van der Waals surface area contributed by atoms with Crippen molar-refractivity contribution in [1.29, 1.82) is 0 Å². The number of carbonyl (C=O) groups excluding carboxylic acids is 1. The van der Waals surface area contributed by atoms with Gasteiger partial charge in [0.2, 0.25) is 0 Å². The minimum atomic E-state index is -0.557. The van der Waals surface area contributed by atoms with Crippen molar-refractivity contribution in [3.05, 3.63) is 59.7 Å². The van der Waals surface area contributed by atoms with Gasteiger partial charge in [-0.05, 0) is 42.7 Å². The summed E-state index contributed by atoms with van der Waals surface area (Å²) in [5, 5.41) is 3.37. The summed E-state index contributed by atoms with van der Waals surface area (Å²) in [5.74, 6) is -0.799. The third-order valence-electron chi connectivity index (χ3n) is 4.55. The highest BCUT2D eigenvalue weighted by molar-refractivity contribution is 5.91. The molecule has 2 heterocycles. The molecule has 6 heteroatoms. The van der Waals surface area contributed by atoms with Crippen LogP contribution in [0.1, 0.15) is 28.9 Å². The van der Waals surface area contributed by atoms with Crippen LogP contribution in [0, 0.1) is 5.82 Å². The molecule has 0 bridgehead atoms. The zero-order valence-corrected chi connectivity index (χ0v) is 13.3. The highest BCUT2D eigenvalue weighted by Gasteiger charge is 2.34. The lowest BCUT2D eigenvalue weighted by atomic mass is 9.74. The highest BCUT2D eigenvalue weighted by Crippen LogP contribution is 2.35. The number of amides is 1. The van der Waals surface area contributed by atoms with E-state index in [9.17, 15) is 9.18 Å². The zero-order valence-electron chi connectivity index (χ0n) is 13.3. The number of nitrogens with two attached hydrogens (primary N) is 1. The number of primary amides is 1. The number of ether oxygens (including phenoxy) is 1. The molecule has 0 spiro atoms. The fourth-order valence-corrected chi connectivity index (χ4v) is 3.08. The topological polar surface area (TPSA) is 77.2 Å². The molecule has 3 rings (SSSR count). The lowest BCUT2D eigenvalue weighted by Crippen LogP contribution is -2.40. The number of hydrogen-bond acceptors (Lipinski definition) is 4. The molecular weight excluding hydrogens is 309 g/mol. The number of nitrogens with one attached hydrogen (secondary N) is 1. The van der Waals surface area contributed by atoms with Gasteiger partial charge in [0.25, 0.3) is 5.91 Å². The molecule has 0 saturated carbocycles. The van der Waals surface area contributed by atoms with E-state index in [-0.39, 0.29) is 16.9 Å². The van der Waals surface area contributed by atoms with Crippen molar-refractivity contribution in [2.45, 2.75) is 18.3 Å². The van der Waals surface area contributed by atoms with Gasteiger partial charge >= 0.3 is 0 Å². The number of halogens is 1. The van der Waals surface area contributed by atoms with E-state index in [2.05, 4.69) is 10.3 Å². The van der Waals surface area contributed by atoms with E-state index in [1.165, 1.54) is 12.1 Å². The Hall–Kier alpha value is -2.47. The molecular formula is C18H20FN3O2. The first kappa shape index (κ1) is 16.4. The Morgan fingerprint density at radius 3 is 2.62 bits per heavy atom. The Bertz CT molecular complexity index is 712. The van der Waals surface area contributed by atoms with Gasteiger partial charge in [-0.25, -0.2) is 4.39 Å². The van der Waals surface area contributed by atoms with Crippen molar-refractivity contribution >= 4 is 11.6 Å². The maximum Gasteiger partial charge on any atom is 0.267 e. The van der Waals surface area contributed by atoms with Gasteiger partial charge in [0.15, 0.2) is 0 Å². The molecule has 1 amide bonds. The van der Waals surface area contributed by atoms with Crippen molar-refractivity contribution in [1.82, 2.24) is 4.98 Å². The van der Waals surface area contributed by atoms with E-state index in [0.717, 1.165) is 24.1 Å². The molecule has 5 nitrogen and oxygen atoms in total. The molecule has 1 aromatic carbocycles. The van der Waals surface area contributed by atoms with E-state index in [1.54, 1.807) is 18.3 Å². The van der Waals surface area contributed by atoms with Crippen LogP contribution >= 0.6 is 0 Å². The van der Waals surface area contributed by atoms with Crippen LogP contribution in [-0.4, -0.2) is 30.6 Å². The number of anilines is 1. The first-order chi connectivity index (χ1) is 11.6. The van der Waals surface area contributed by atoms with Crippen molar-refractivity contribution in [2.24, 2.45) is 5.73 Å². The number of benzene rings is 1. The molecule has 1 aliphatic rings. The molecule has 2 aromatic rings. The van der Waals surface area contributed by atoms with Gasteiger partial charge in [-0.2, -0.15) is 0 Å². The van der Waals surface area contributed by atoms with E-state index < -0.39 is 5.91 Å². The Balaban J connectivity index is 1.81. The van der Waals surface area contributed by atoms with Gasteiger partial charge in [0.05, 0.1) is 0 Å². The summed E-state index contributed by atoms with van der Waals surface area (Å²) < 4.78 is 18.8. The Labute approximate surface area is 140 Å². The third-order valence-corrected chi connectivity index (χ3v) is 4.55. The second-order valence-electron chi connectivity index (χ2n) is 6.05. The molecule has 1 aliphatic heterocycles. The van der Waals surface area contributed by atoms with Crippen LogP contribution in [-0.2, 0) is 10.2 Å². The van der Waals surface area contributed by atoms with Crippen molar-refractivity contribution < 1.29 is 13.9 Å². The lowest BCUT2D eigenvalue weighted by Gasteiger charge is -2.38. The van der Waals surface area contributed by atoms with Gasteiger partial charge in [-0.1, -0.05) is 12.1 Å². The fraction of sp³-hybridized carbons (Fsp3) is 0.333. The van der Waals surface area contributed by atoms with Crippen LogP contribution in [0.25, 0.3) is 0 Å². The van der Waals surface area contributed by atoms with Crippen molar-refractivity contribution in [3.63, 3.8) is 0 Å². The van der Waals surface area contributed by atoms with E-state index in [4.69, 9.17) is 10.5 Å². The van der Waals surface area contributed by atoms with Crippen LogP contribution in [0.15, 0.2) is 42.6 Å².